The van der Waals surface area contributed by atoms with Crippen LogP contribution in [-0.4, -0.2) is 28.8 Å². The monoisotopic (exact) mass is 470 g/mol. The molecule has 3 aromatic rings. The average Bonchev–Trinajstić information content (AvgIpc) is 3.21. The first-order valence-corrected chi connectivity index (χ1v) is 13.2. The Kier molecular flexibility index (Phi) is 7.58. The number of amides is 1. The van der Waals surface area contributed by atoms with Crippen LogP contribution in [0.3, 0.4) is 0 Å². The molecular weight excluding hydrogens is 440 g/mol. The number of rotatable bonds is 8. The molecule has 7 heteroatoms. The molecule has 1 N–H and O–H groups in total. The minimum atomic E-state index is -0.322. The van der Waals surface area contributed by atoms with Crippen LogP contribution in [0.2, 0.25) is 0 Å². The normalized spacial score (nSPS) is 13.6. The third-order valence-corrected chi connectivity index (χ3v) is 7.98. The highest BCUT2D eigenvalue weighted by Crippen LogP contribution is 2.38. The molecule has 1 aliphatic rings. The van der Waals surface area contributed by atoms with Crippen molar-refractivity contribution in [3.05, 3.63) is 46.5 Å². The molecule has 0 bridgehead atoms. The summed E-state index contributed by atoms with van der Waals surface area (Å²) in [5.74, 6) is -0.118. The summed E-state index contributed by atoms with van der Waals surface area (Å²) in [6, 6.07) is 8.32. The summed E-state index contributed by atoms with van der Waals surface area (Å²) in [5, 5.41) is 4.85. The van der Waals surface area contributed by atoms with Gasteiger partial charge in [0.1, 0.15) is 5.00 Å². The third-order valence-electron chi connectivity index (χ3n) is 5.73. The number of hydrogen-bond acceptors (Lipinski definition) is 5. The van der Waals surface area contributed by atoms with E-state index in [4.69, 9.17) is 4.74 Å². The van der Waals surface area contributed by atoms with E-state index in [1.165, 1.54) is 22.2 Å². The second-order valence-corrected chi connectivity index (χ2v) is 10.2. The number of carbonyl (C=O) groups excluding carboxylic acids is 2. The van der Waals surface area contributed by atoms with Gasteiger partial charge in [0.2, 0.25) is 5.91 Å². The third kappa shape index (κ3) is 4.89. The van der Waals surface area contributed by atoms with Crippen LogP contribution in [0.1, 0.15) is 60.3 Å². The molecule has 0 atom stereocenters. The fourth-order valence-electron chi connectivity index (χ4n) is 4.31. The van der Waals surface area contributed by atoms with E-state index in [0.29, 0.717) is 22.9 Å². The summed E-state index contributed by atoms with van der Waals surface area (Å²) < 4.78 is 7.58. The van der Waals surface area contributed by atoms with Crippen molar-refractivity contribution in [2.24, 2.45) is 0 Å². The van der Waals surface area contributed by atoms with Crippen molar-refractivity contribution < 1.29 is 14.3 Å². The van der Waals surface area contributed by atoms with Gasteiger partial charge in [0.05, 0.1) is 17.9 Å². The van der Waals surface area contributed by atoms with Crippen molar-refractivity contribution in [1.82, 2.24) is 4.57 Å². The van der Waals surface area contributed by atoms with E-state index in [-0.39, 0.29) is 11.9 Å². The van der Waals surface area contributed by atoms with Crippen LogP contribution >= 0.6 is 23.1 Å². The molecule has 170 valence electrons. The number of nitrogens with one attached hydrogen (secondary N) is 1. The van der Waals surface area contributed by atoms with Crippen molar-refractivity contribution in [3.63, 3.8) is 0 Å². The summed E-state index contributed by atoms with van der Waals surface area (Å²) in [5.41, 5.74) is 2.85. The van der Waals surface area contributed by atoms with Gasteiger partial charge in [0.15, 0.2) is 0 Å². The van der Waals surface area contributed by atoms with E-state index in [9.17, 15) is 9.59 Å². The predicted molar refractivity (Wildman–Crippen MR) is 133 cm³/mol. The summed E-state index contributed by atoms with van der Waals surface area (Å²) >= 11 is 3.09. The van der Waals surface area contributed by atoms with Crippen molar-refractivity contribution in [1.29, 1.82) is 0 Å². The Hall–Kier alpha value is -2.25. The Bertz CT molecular complexity index is 1120. The number of benzene rings is 1. The number of aromatic nitrogens is 1. The van der Waals surface area contributed by atoms with Gasteiger partial charge in [0.25, 0.3) is 0 Å². The molecule has 1 aromatic carbocycles. The van der Waals surface area contributed by atoms with E-state index in [2.05, 4.69) is 35.1 Å². The zero-order chi connectivity index (χ0) is 22.5. The van der Waals surface area contributed by atoms with E-state index in [0.717, 1.165) is 49.1 Å². The average molecular weight is 471 g/mol. The largest absolute Gasteiger partial charge is 0.462 e. The molecule has 2 heterocycles. The number of anilines is 1. The molecule has 0 unspecified atom stereocenters. The lowest BCUT2D eigenvalue weighted by molar-refractivity contribution is -0.113. The Morgan fingerprint density at radius 1 is 1.16 bits per heavy atom. The van der Waals surface area contributed by atoms with E-state index in [1.54, 1.807) is 23.1 Å². The highest BCUT2D eigenvalue weighted by molar-refractivity contribution is 8.00. The molecular formula is C25H30N2O3S2. The molecule has 0 saturated carbocycles. The molecule has 0 radical (unpaired) electrons. The number of fused-ring (bicyclic) bond motifs is 2. The van der Waals surface area contributed by atoms with Crippen molar-refractivity contribution >= 4 is 50.9 Å². The zero-order valence-electron chi connectivity index (χ0n) is 18.7. The number of hydrogen-bond donors (Lipinski definition) is 1. The fraction of sp³-hybridized carbons (Fsp3) is 0.440. The van der Waals surface area contributed by atoms with Gasteiger partial charge in [0, 0.05) is 33.4 Å². The highest BCUT2D eigenvalue weighted by Gasteiger charge is 2.26. The van der Waals surface area contributed by atoms with Gasteiger partial charge >= 0.3 is 5.97 Å². The number of thioether (sulfide) groups is 1. The van der Waals surface area contributed by atoms with E-state index >= 15 is 0 Å². The van der Waals surface area contributed by atoms with Crippen LogP contribution in [0.4, 0.5) is 5.00 Å². The maximum Gasteiger partial charge on any atom is 0.341 e. The number of thiophene rings is 1. The predicted octanol–water partition coefficient (Wildman–Crippen LogP) is 6.29. The molecule has 0 saturated heterocycles. The first kappa shape index (κ1) is 22.9. The number of carbonyl (C=O) groups is 2. The fourth-order valence-corrected chi connectivity index (χ4v) is 6.49. The van der Waals surface area contributed by atoms with Gasteiger partial charge in [-0.15, -0.1) is 23.1 Å². The molecule has 0 spiro atoms. The first-order chi connectivity index (χ1) is 15.6. The van der Waals surface area contributed by atoms with Gasteiger partial charge in [-0.2, -0.15) is 0 Å². The minimum absolute atomic E-state index is 0.0933. The first-order valence-electron chi connectivity index (χ1n) is 11.4. The lowest BCUT2D eigenvalue weighted by Crippen LogP contribution is -2.16. The summed E-state index contributed by atoms with van der Waals surface area (Å²) in [6.07, 6.45) is 8.41. The molecule has 1 amide bonds. The Labute approximate surface area is 197 Å². The lowest BCUT2D eigenvalue weighted by Gasteiger charge is -2.08. The van der Waals surface area contributed by atoms with Gasteiger partial charge in [-0.05, 0) is 50.7 Å². The van der Waals surface area contributed by atoms with Gasteiger partial charge in [-0.25, -0.2) is 4.79 Å². The second-order valence-electron chi connectivity index (χ2n) is 8.03. The minimum Gasteiger partial charge on any atom is -0.462 e. The topological polar surface area (TPSA) is 60.3 Å². The number of esters is 1. The van der Waals surface area contributed by atoms with Crippen molar-refractivity contribution in [2.45, 2.75) is 63.8 Å². The summed E-state index contributed by atoms with van der Waals surface area (Å²) in [4.78, 5) is 27.9. The van der Waals surface area contributed by atoms with Crippen LogP contribution in [0.15, 0.2) is 35.4 Å². The maximum atomic E-state index is 12.9. The second kappa shape index (κ2) is 10.6. The number of nitrogens with zero attached hydrogens (tertiary/aromatic N) is 1. The highest BCUT2D eigenvalue weighted by atomic mass is 32.2. The summed E-state index contributed by atoms with van der Waals surface area (Å²) in [7, 11) is 0. The molecule has 4 rings (SSSR count). The van der Waals surface area contributed by atoms with Crippen molar-refractivity contribution in [3.8, 4) is 0 Å². The van der Waals surface area contributed by atoms with E-state index < -0.39 is 0 Å². The Balaban J connectivity index is 1.51. The SMILES string of the molecule is CCCn1cc(SCC(=O)Nc2sc3c(c2C(=O)OCC)CCCCC3)c2ccccc21. The molecule has 32 heavy (non-hydrogen) atoms. The zero-order valence-corrected chi connectivity index (χ0v) is 20.4. The molecule has 0 aliphatic heterocycles. The van der Waals surface area contributed by atoms with Crippen LogP contribution in [0.25, 0.3) is 10.9 Å². The van der Waals surface area contributed by atoms with Gasteiger partial charge in [-0.1, -0.05) is 31.5 Å². The number of para-hydroxylation sites is 1. The molecule has 5 nitrogen and oxygen atoms in total. The van der Waals surface area contributed by atoms with Crippen LogP contribution in [0.5, 0.6) is 0 Å². The van der Waals surface area contributed by atoms with Gasteiger partial charge in [-0.3, -0.25) is 4.79 Å². The lowest BCUT2D eigenvalue weighted by atomic mass is 10.1. The van der Waals surface area contributed by atoms with Crippen LogP contribution in [-0.2, 0) is 28.9 Å². The van der Waals surface area contributed by atoms with Crippen molar-refractivity contribution in [2.75, 3.05) is 17.7 Å². The Morgan fingerprint density at radius 3 is 2.78 bits per heavy atom. The van der Waals surface area contributed by atoms with Gasteiger partial charge < -0.3 is 14.6 Å². The number of aryl methyl sites for hydroxylation is 2. The quantitative estimate of drug-likeness (QED) is 0.239. The Morgan fingerprint density at radius 2 is 1.97 bits per heavy atom. The smallest absolute Gasteiger partial charge is 0.341 e. The van der Waals surface area contributed by atoms with Crippen LogP contribution in [0, 0.1) is 0 Å². The van der Waals surface area contributed by atoms with Crippen LogP contribution < -0.4 is 5.32 Å². The maximum absolute atomic E-state index is 12.9. The standard InChI is InChI=1S/C25H30N2O3S2/c1-3-14-27-15-21(17-10-8-9-12-19(17)27)31-16-22(28)26-24-23(25(29)30-4-2)18-11-6-5-7-13-20(18)32-24/h8-10,12,15H,3-7,11,13-14,16H2,1-2H3,(H,26,28). The molecule has 2 aromatic heterocycles. The summed E-state index contributed by atoms with van der Waals surface area (Å²) in [6.45, 7) is 5.26. The molecule has 0 fully saturated rings. The molecule has 1 aliphatic carbocycles. The number of ether oxygens (including phenoxy) is 1. The van der Waals surface area contributed by atoms with E-state index in [1.807, 2.05) is 19.1 Å².